The van der Waals surface area contributed by atoms with Gasteiger partial charge in [0.05, 0.1) is 5.52 Å². The summed E-state index contributed by atoms with van der Waals surface area (Å²) in [4.78, 5) is 9.71. The normalized spacial score (nSPS) is 16.4. The minimum Gasteiger partial charge on any atom is -0.490 e. The van der Waals surface area contributed by atoms with E-state index in [1.807, 2.05) is 25.1 Å². The van der Waals surface area contributed by atoms with Crippen molar-refractivity contribution >= 4 is 28.1 Å². The van der Waals surface area contributed by atoms with Crippen LogP contribution in [-0.4, -0.2) is 40.4 Å². The van der Waals surface area contributed by atoms with Gasteiger partial charge in [-0.2, -0.15) is 13.2 Å². The molecule has 1 fully saturated rings. The molecular formula is C28H28F4N4O2. The van der Waals surface area contributed by atoms with E-state index in [-0.39, 0.29) is 17.5 Å². The number of aromatic amines is 1. The Morgan fingerprint density at radius 3 is 2.47 bits per heavy atom. The average Bonchev–Trinajstić information content (AvgIpc) is 3.25. The highest BCUT2D eigenvalue weighted by Gasteiger charge is 2.51. The van der Waals surface area contributed by atoms with Gasteiger partial charge in [-0.3, -0.25) is 0 Å². The highest BCUT2D eigenvalue weighted by molar-refractivity contribution is 5.84. The van der Waals surface area contributed by atoms with Crippen molar-refractivity contribution < 1.29 is 27.4 Å². The maximum Gasteiger partial charge on any atom is 0.421 e. The van der Waals surface area contributed by atoms with Gasteiger partial charge in [0, 0.05) is 60.6 Å². The molecule has 1 aliphatic rings. The Morgan fingerprint density at radius 2 is 1.79 bits per heavy atom. The number of halogens is 4. The van der Waals surface area contributed by atoms with Crippen LogP contribution in [-0.2, 0) is 5.60 Å². The van der Waals surface area contributed by atoms with E-state index in [2.05, 4.69) is 20.2 Å². The molecule has 2 aromatic heterocycles. The Kier molecular flexibility index (Phi) is 6.68. The van der Waals surface area contributed by atoms with Gasteiger partial charge in [0.2, 0.25) is 0 Å². The van der Waals surface area contributed by atoms with Gasteiger partial charge in [-0.05, 0) is 55.8 Å². The molecule has 3 heterocycles. The fourth-order valence-electron chi connectivity index (χ4n) is 4.70. The quantitative estimate of drug-likeness (QED) is 0.247. The summed E-state index contributed by atoms with van der Waals surface area (Å²) in [7, 11) is 0. The predicted molar refractivity (Wildman–Crippen MR) is 138 cm³/mol. The van der Waals surface area contributed by atoms with E-state index in [0.29, 0.717) is 29.7 Å². The lowest BCUT2D eigenvalue weighted by Gasteiger charge is -2.34. The van der Waals surface area contributed by atoms with E-state index in [0.717, 1.165) is 42.5 Å². The molecule has 5 rings (SSSR count). The fraction of sp³-hybridized carbons (Fsp3) is 0.321. The van der Waals surface area contributed by atoms with Gasteiger partial charge in [-0.15, -0.1) is 0 Å². The summed E-state index contributed by atoms with van der Waals surface area (Å²) in [5.74, 6) is 1.04. The van der Waals surface area contributed by atoms with E-state index in [1.54, 1.807) is 12.3 Å². The lowest BCUT2D eigenvalue weighted by atomic mass is 9.95. The van der Waals surface area contributed by atoms with Crippen molar-refractivity contribution in [2.45, 2.75) is 44.6 Å². The smallest absolute Gasteiger partial charge is 0.421 e. The van der Waals surface area contributed by atoms with Crippen LogP contribution < -0.4 is 15.0 Å². The third-order valence-electron chi connectivity index (χ3n) is 7.10. The average molecular weight is 529 g/mol. The fourth-order valence-corrected chi connectivity index (χ4v) is 4.70. The SMILES string of the molecule is Cc1c(Nc2ccc3c(F)c[nH]c3c2)ccnc1N1CCC(Oc2ccc(C(C)(O)C(F)(F)F)cc2)CC1. The second-order valence-corrected chi connectivity index (χ2v) is 9.73. The number of nitrogens with one attached hydrogen (secondary N) is 2. The number of anilines is 3. The molecule has 0 amide bonds. The molecule has 1 unspecified atom stereocenters. The first-order chi connectivity index (χ1) is 18.0. The molecule has 10 heteroatoms. The summed E-state index contributed by atoms with van der Waals surface area (Å²) >= 11 is 0. The van der Waals surface area contributed by atoms with Gasteiger partial charge in [0.25, 0.3) is 0 Å². The van der Waals surface area contributed by atoms with Gasteiger partial charge in [0.15, 0.2) is 5.60 Å². The zero-order valence-electron chi connectivity index (χ0n) is 20.9. The van der Waals surface area contributed by atoms with Crippen LogP contribution in [0.2, 0.25) is 0 Å². The molecule has 0 saturated carbocycles. The Morgan fingerprint density at radius 1 is 1.08 bits per heavy atom. The van der Waals surface area contributed by atoms with Gasteiger partial charge >= 0.3 is 6.18 Å². The lowest BCUT2D eigenvalue weighted by molar-refractivity contribution is -0.258. The number of nitrogens with zero attached hydrogens (tertiary/aromatic N) is 2. The molecule has 1 atom stereocenters. The minimum atomic E-state index is -4.77. The molecule has 200 valence electrons. The molecule has 0 radical (unpaired) electrons. The van der Waals surface area contributed by atoms with Gasteiger partial charge in [-0.25, -0.2) is 9.37 Å². The number of ether oxygens (including phenoxy) is 1. The molecule has 1 aliphatic heterocycles. The highest BCUT2D eigenvalue weighted by atomic mass is 19.4. The van der Waals surface area contributed by atoms with Crippen LogP contribution in [0.25, 0.3) is 10.9 Å². The third kappa shape index (κ3) is 5.00. The zero-order chi connectivity index (χ0) is 27.1. The van der Waals surface area contributed by atoms with Crippen LogP contribution >= 0.6 is 0 Å². The molecule has 38 heavy (non-hydrogen) atoms. The maximum atomic E-state index is 13.8. The molecule has 4 aromatic rings. The molecule has 2 aromatic carbocycles. The number of fused-ring (bicyclic) bond motifs is 1. The summed E-state index contributed by atoms with van der Waals surface area (Å²) in [6.45, 7) is 4.14. The van der Waals surface area contributed by atoms with Gasteiger partial charge < -0.3 is 25.0 Å². The van der Waals surface area contributed by atoms with Crippen molar-refractivity contribution in [2.24, 2.45) is 0 Å². The van der Waals surface area contributed by atoms with Crippen molar-refractivity contribution in [3.8, 4) is 5.75 Å². The highest BCUT2D eigenvalue weighted by Crippen LogP contribution is 2.39. The molecular weight excluding hydrogens is 500 g/mol. The molecule has 3 N–H and O–H groups in total. The number of pyridine rings is 1. The van der Waals surface area contributed by atoms with Crippen molar-refractivity contribution in [1.82, 2.24) is 9.97 Å². The summed E-state index contributed by atoms with van der Waals surface area (Å²) in [5, 5.41) is 13.8. The number of rotatable bonds is 6. The Balaban J connectivity index is 1.21. The molecule has 0 spiro atoms. The van der Waals surface area contributed by atoms with Crippen molar-refractivity contribution in [3.05, 3.63) is 77.9 Å². The van der Waals surface area contributed by atoms with E-state index in [4.69, 9.17) is 4.74 Å². The Bertz CT molecular complexity index is 1430. The number of piperidine rings is 1. The van der Waals surface area contributed by atoms with Crippen LogP contribution in [0.5, 0.6) is 5.75 Å². The molecule has 0 bridgehead atoms. The number of H-pyrrole nitrogens is 1. The Hall–Kier alpha value is -3.79. The van der Waals surface area contributed by atoms with Crippen LogP contribution in [0.4, 0.5) is 34.8 Å². The van der Waals surface area contributed by atoms with Crippen molar-refractivity contribution in [3.63, 3.8) is 0 Å². The third-order valence-corrected chi connectivity index (χ3v) is 7.10. The van der Waals surface area contributed by atoms with Crippen LogP contribution in [0.3, 0.4) is 0 Å². The van der Waals surface area contributed by atoms with Crippen molar-refractivity contribution in [2.75, 3.05) is 23.3 Å². The Labute approximate surface area is 217 Å². The number of aliphatic hydroxyl groups is 1. The maximum absolute atomic E-state index is 13.8. The predicted octanol–water partition coefficient (Wildman–Crippen LogP) is 6.57. The van der Waals surface area contributed by atoms with E-state index in [1.165, 1.54) is 30.5 Å². The van der Waals surface area contributed by atoms with E-state index >= 15 is 0 Å². The first-order valence-corrected chi connectivity index (χ1v) is 12.3. The molecule has 6 nitrogen and oxygen atoms in total. The zero-order valence-corrected chi connectivity index (χ0v) is 20.9. The van der Waals surface area contributed by atoms with Gasteiger partial charge in [0.1, 0.15) is 23.5 Å². The number of hydrogen-bond acceptors (Lipinski definition) is 5. The second kappa shape index (κ2) is 9.83. The number of benzene rings is 2. The molecule has 1 saturated heterocycles. The largest absolute Gasteiger partial charge is 0.490 e. The first-order valence-electron chi connectivity index (χ1n) is 12.3. The first kappa shape index (κ1) is 25.8. The van der Waals surface area contributed by atoms with Crippen molar-refractivity contribution in [1.29, 1.82) is 0 Å². The number of alkyl halides is 3. The summed E-state index contributed by atoms with van der Waals surface area (Å²) in [6, 6.07) is 12.7. The van der Waals surface area contributed by atoms with Crippen LogP contribution in [0, 0.1) is 12.7 Å². The number of aromatic nitrogens is 2. The van der Waals surface area contributed by atoms with Crippen LogP contribution in [0.1, 0.15) is 30.9 Å². The van der Waals surface area contributed by atoms with E-state index in [9.17, 15) is 22.7 Å². The second-order valence-electron chi connectivity index (χ2n) is 9.73. The minimum absolute atomic E-state index is 0.0882. The summed E-state index contributed by atoms with van der Waals surface area (Å²) in [5.41, 5.74) is 0.266. The topological polar surface area (TPSA) is 73.4 Å². The number of hydrogen-bond donors (Lipinski definition) is 3. The standard InChI is InChI=1S/C28H28F4N4O2/c1-17-24(35-19-5-8-22-23(29)16-34-25(22)15-19)9-12-33-26(17)36-13-10-21(11-14-36)38-20-6-3-18(4-7-20)27(2,37)28(30,31)32/h3-9,12,15-16,21,34,37H,10-11,13-14H2,1-2H3,(H,33,35). The van der Waals surface area contributed by atoms with Gasteiger partial charge in [-0.1, -0.05) is 12.1 Å². The van der Waals surface area contributed by atoms with Crippen LogP contribution in [0.15, 0.2) is 60.9 Å². The summed E-state index contributed by atoms with van der Waals surface area (Å²) in [6.07, 6.45) is -0.333. The van der Waals surface area contributed by atoms with E-state index < -0.39 is 11.8 Å². The lowest BCUT2D eigenvalue weighted by Crippen LogP contribution is -2.39. The summed E-state index contributed by atoms with van der Waals surface area (Å²) < 4.78 is 59.0. The molecule has 0 aliphatic carbocycles. The monoisotopic (exact) mass is 528 g/mol.